The maximum Gasteiger partial charge on any atom is 0.409 e. The van der Waals surface area contributed by atoms with Gasteiger partial charge >= 0.3 is 12.1 Å². The van der Waals surface area contributed by atoms with E-state index in [1.165, 1.54) is 4.90 Å². The molecule has 1 fully saturated rings. The summed E-state index contributed by atoms with van der Waals surface area (Å²) in [5.41, 5.74) is 6.03. The highest BCUT2D eigenvalue weighted by molar-refractivity contribution is 5.79. The van der Waals surface area contributed by atoms with Gasteiger partial charge in [0.1, 0.15) is 12.4 Å². The van der Waals surface area contributed by atoms with Crippen molar-refractivity contribution >= 4 is 12.1 Å². The lowest BCUT2D eigenvalue weighted by Gasteiger charge is -2.19. The lowest BCUT2D eigenvalue weighted by molar-refractivity contribution is -0.141. The number of ether oxygens (including phenoxy) is 1. The molecule has 164 valence electrons. The average Bonchev–Trinajstić information content (AvgIpc) is 3.46. The molecule has 2 aromatic carbocycles. The fourth-order valence-corrected chi connectivity index (χ4v) is 5.20. The van der Waals surface area contributed by atoms with Crippen LogP contribution in [0.1, 0.15) is 40.0 Å². The van der Waals surface area contributed by atoms with E-state index in [9.17, 15) is 14.7 Å². The summed E-state index contributed by atoms with van der Waals surface area (Å²) in [5.74, 6) is -1.49. The second-order valence-electron chi connectivity index (χ2n) is 8.50. The Morgan fingerprint density at radius 2 is 1.69 bits per heavy atom. The van der Waals surface area contributed by atoms with Crippen molar-refractivity contribution in [2.75, 3.05) is 19.7 Å². The maximum atomic E-state index is 13.0. The normalized spacial score (nSPS) is 19.6. The number of likely N-dealkylation sites (tertiary alicyclic amines) is 1. The fourth-order valence-electron chi connectivity index (χ4n) is 5.20. The fraction of sp³-hybridized carbons (Fsp3) is 0.320. The van der Waals surface area contributed by atoms with Gasteiger partial charge < -0.3 is 19.3 Å². The molecule has 1 aliphatic carbocycles. The Kier molecular flexibility index (Phi) is 4.96. The lowest BCUT2D eigenvalue weighted by atomic mass is 9.88. The van der Waals surface area contributed by atoms with E-state index in [-0.39, 0.29) is 31.5 Å². The molecule has 32 heavy (non-hydrogen) atoms. The maximum absolute atomic E-state index is 13.0. The van der Waals surface area contributed by atoms with Gasteiger partial charge in [0.25, 0.3) is 0 Å². The van der Waals surface area contributed by atoms with E-state index in [1.54, 1.807) is 13.8 Å². The molecule has 2 atom stereocenters. The number of rotatable bonds is 4. The number of hydrogen-bond acceptors (Lipinski definition) is 5. The Morgan fingerprint density at radius 3 is 2.25 bits per heavy atom. The van der Waals surface area contributed by atoms with Gasteiger partial charge in [0.05, 0.1) is 11.6 Å². The van der Waals surface area contributed by atoms with Crippen LogP contribution in [0.25, 0.3) is 11.1 Å². The summed E-state index contributed by atoms with van der Waals surface area (Å²) in [4.78, 5) is 26.3. The SMILES string of the molecule is Cc1noc(C)c1C1CN(C(=O)OCC2c3ccccc3-c3ccccc32)CC1C(=O)O. The second-order valence-corrected chi connectivity index (χ2v) is 8.50. The van der Waals surface area contributed by atoms with Crippen LogP contribution in [0, 0.1) is 19.8 Å². The Hall–Kier alpha value is -3.61. The minimum absolute atomic E-state index is 0.0393. The molecule has 2 aliphatic rings. The van der Waals surface area contributed by atoms with Crippen molar-refractivity contribution in [2.45, 2.75) is 25.7 Å². The Bertz CT molecular complexity index is 1140. The minimum Gasteiger partial charge on any atom is -0.481 e. The van der Waals surface area contributed by atoms with Gasteiger partial charge in [-0.1, -0.05) is 53.7 Å². The molecule has 0 radical (unpaired) electrons. The van der Waals surface area contributed by atoms with E-state index in [0.717, 1.165) is 27.8 Å². The number of nitrogens with zero attached hydrogens (tertiary/aromatic N) is 2. The first-order valence-corrected chi connectivity index (χ1v) is 10.7. The van der Waals surface area contributed by atoms with Crippen molar-refractivity contribution < 1.29 is 24.0 Å². The van der Waals surface area contributed by atoms with Crippen molar-refractivity contribution in [3.05, 3.63) is 76.7 Å². The topological polar surface area (TPSA) is 92.9 Å². The number of aliphatic carboxylic acids is 1. The minimum atomic E-state index is -0.941. The average molecular weight is 432 g/mol. The summed E-state index contributed by atoms with van der Waals surface area (Å²) in [6.45, 7) is 4.12. The molecular formula is C25H24N2O5. The van der Waals surface area contributed by atoms with Crippen LogP contribution < -0.4 is 0 Å². The molecular weight excluding hydrogens is 408 g/mol. The third-order valence-electron chi connectivity index (χ3n) is 6.69. The van der Waals surface area contributed by atoms with Crippen molar-refractivity contribution in [2.24, 2.45) is 5.92 Å². The molecule has 2 heterocycles. The highest BCUT2D eigenvalue weighted by atomic mass is 16.6. The van der Waals surface area contributed by atoms with Crippen LogP contribution in [-0.2, 0) is 9.53 Å². The summed E-state index contributed by atoms with van der Waals surface area (Å²) < 4.78 is 11.0. The summed E-state index contributed by atoms with van der Waals surface area (Å²) in [6, 6.07) is 16.3. The van der Waals surface area contributed by atoms with E-state index < -0.39 is 18.0 Å². The van der Waals surface area contributed by atoms with E-state index >= 15 is 0 Å². The van der Waals surface area contributed by atoms with Crippen LogP contribution in [0.2, 0.25) is 0 Å². The van der Waals surface area contributed by atoms with Crippen LogP contribution >= 0.6 is 0 Å². The van der Waals surface area contributed by atoms with Gasteiger partial charge in [-0.25, -0.2) is 4.79 Å². The number of benzene rings is 2. The van der Waals surface area contributed by atoms with Crippen molar-refractivity contribution in [1.82, 2.24) is 10.1 Å². The molecule has 0 saturated carbocycles. The molecule has 7 nitrogen and oxygen atoms in total. The number of amides is 1. The van der Waals surface area contributed by atoms with Crippen LogP contribution in [0.4, 0.5) is 4.79 Å². The van der Waals surface area contributed by atoms with Crippen molar-refractivity contribution in [1.29, 1.82) is 0 Å². The van der Waals surface area contributed by atoms with Gasteiger partial charge in [0.2, 0.25) is 0 Å². The van der Waals surface area contributed by atoms with Crippen LogP contribution in [0.3, 0.4) is 0 Å². The van der Waals surface area contributed by atoms with Gasteiger partial charge in [-0.05, 0) is 36.1 Å². The smallest absolute Gasteiger partial charge is 0.409 e. The largest absolute Gasteiger partial charge is 0.481 e. The Balaban J connectivity index is 1.33. The number of carbonyl (C=O) groups excluding carboxylic acids is 1. The van der Waals surface area contributed by atoms with Gasteiger partial charge in [0.15, 0.2) is 0 Å². The monoisotopic (exact) mass is 432 g/mol. The highest BCUT2D eigenvalue weighted by Gasteiger charge is 2.43. The number of carboxylic acids is 1. The first-order valence-electron chi connectivity index (χ1n) is 10.7. The molecule has 5 rings (SSSR count). The molecule has 1 amide bonds. The summed E-state index contributed by atoms with van der Waals surface area (Å²) in [6.07, 6.45) is -0.493. The zero-order valence-electron chi connectivity index (χ0n) is 17.9. The molecule has 2 unspecified atom stereocenters. The van der Waals surface area contributed by atoms with Crippen molar-refractivity contribution in [3.63, 3.8) is 0 Å². The van der Waals surface area contributed by atoms with Crippen molar-refractivity contribution in [3.8, 4) is 11.1 Å². The number of aromatic nitrogens is 1. The number of carbonyl (C=O) groups is 2. The van der Waals surface area contributed by atoms with Gasteiger partial charge in [-0.2, -0.15) is 0 Å². The zero-order valence-corrected chi connectivity index (χ0v) is 17.9. The van der Waals surface area contributed by atoms with Crippen LogP contribution in [-0.4, -0.2) is 46.9 Å². The molecule has 1 aliphatic heterocycles. The molecule has 1 N–H and O–H groups in total. The quantitative estimate of drug-likeness (QED) is 0.659. The summed E-state index contributed by atoms with van der Waals surface area (Å²) in [7, 11) is 0. The Labute approximate surface area is 185 Å². The number of hydrogen-bond donors (Lipinski definition) is 1. The van der Waals surface area contributed by atoms with E-state index in [1.807, 2.05) is 24.3 Å². The molecule has 0 bridgehead atoms. The summed E-state index contributed by atoms with van der Waals surface area (Å²) in [5, 5.41) is 13.7. The van der Waals surface area contributed by atoms with Gasteiger partial charge in [0, 0.05) is 30.5 Å². The van der Waals surface area contributed by atoms with Crippen LogP contribution in [0.5, 0.6) is 0 Å². The predicted octanol–water partition coefficient (Wildman–Crippen LogP) is 4.34. The van der Waals surface area contributed by atoms with E-state index in [2.05, 4.69) is 29.4 Å². The molecule has 1 saturated heterocycles. The van der Waals surface area contributed by atoms with Gasteiger partial charge in [-0.3, -0.25) is 4.79 Å². The third kappa shape index (κ3) is 3.25. The number of carboxylic acid groups (broad SMARTS) is 1. The number of aryl methyl sites for hydroxylation is 2. The highest BCUT2D eigenvalue weighted by Crippen LogP contribution is 2.44. The molecule has 1 aromatic heterocycles. The molecule has 7 heteroatoms. The van der Waals surface area contributed by atoms with Gasteiger partial charge in [-0.15, -0.1) is 0 Å². The van der Waals surface area contributed by atoms with Crippen LogP contribution in [0.15, 0.2) is 53.1 Å². The molecule has 3 aromatic rings. The van der Waals surface area contributed by atoms with E-state index in [4.69, 9.17) is 9.26 Å². The number of fused-ring (bicyclic) bond motifs is 3. The first kappa shape index (κ1) is 20.3. The predicted molar refractivity (Wildman–Crippen MR) is 116 cm³/mol. The Morgan fingerprint density at radius 1 is 1.06 bits per heavy atom. The summed E-state index contributed by atoms with van der Waals surface area (Å²) >= 11 is 0. The lowest BCUT2D eigenvalue weighted by Crippen LogP contribution is -2.31. The van der Waals surface area contributed by atoms with E-state index in [0.29, 0.717) is 11.5 Å². The third-order valence-corrected chi connectivity index (χ3v) is 6.69. The molecule has 0 spiro atoms. The first-order chi connectivity index (χ1) is 15.5. The standard InChI is InChI=1S/C25H24N2O5/c1-14-23(15(2)32-26-14)20-11-27(12-21(20)24(28)29)25(30)31-13-22-18-9-5-3-7-16(18)17-8-4-6-10-19(17)22/h3-10,20-22H,11-13H2,1-2H3,(H,28,29). The second kappa shape index (κ2) is 7.82. The zero-order chi connectivity index (χ0) is 22.4.